The zero-order valence-electron chi connectivity index (χ0n) is 21.1. The van der Waals surface area contributed by atoms with E-state index in [1.165, 1.54) is 55.2 Å². The van der Waals surface area contributed by atoms with Crippen LogP contribution in [0.4, 0.5) is 0 Å². The molecule has 4 saturated heterocycles. The van der Waals surface area contributed by atoms with Crippen LogP contribution in [0.3, 0.4) is 0 Å². The number of piperidine rings is 4. The van der Waals surface area contributed by atoms with Gasteiger partial charge in [-0.15, -0.1) is 0 Å². The predicted molar refractivity (Wildman–Crippen MR) is 154 cm³/mol. The third kappa shape index (κ3) is 4.27. The Morgan fingerprint density at radius 3 is 2.78 bits per heavy atom. The second-order valence-corrected chi connectivity index (χ2v) is 12.8. The fraction of sp³-hybridized carbons (Fsp3) is 0.452. The van der Waals surface area contributed by atoms with Crippen molar-refractivity contribution in [2.24, 2.45) is 11.8 Å². The summed E-state index contributed by atoms with van der Waals surface area (Å²) in [7, 11) is 0. The van der Waals surface area contributed by atoms with Crippen molar-refractivity contribution in [1.29, 1.82) is 0 Å². The molecule has 4 fully saturated rings. The summed E-state index contributed by atoms with van der Waals surface area (Å²) >= 11 is 9.93. The molecule has 2 aromatic carbocycles. The van der Waals surface area contributed by atoms with E-state index in [1.54, 1.807) is 0 Å². The van der Waals surface area contributed by atoms with Gasteiger partial charge < -0.3 is 9.47 Å². The minimum atomic E-state index is 0.281. The first-order chi connectivity index (χ1) is 18.0. The highest BCUT2D eigenvalue weighted by atomic mass is 79.9. The average Bonchev–Trinajstić information content (AvgIpc) is 3.22. The zero-order chi connectivity index (χ0) is 25.1. The highest BCUT2D eigenvalue weighted by Crippen LogP contribution is 2.45. The van der Waals surface area contributed by atoms with Gasteiger partial charge in [0.1, 0.15) is 0 Å². The fourth-order valence-electron chi connectivity index (χ4n) is 7.89. The summed E-state index contributed by atoms with van der Waals surface area (Å²) in [6.07, 6.45) is 11.5. The number of amides is 1. The van der Waals surface area contributed by atoms with E-state index >= 15 is 0 Å². The Hall–Kier alpha value is -2.08. The standard InChI is InChI=1S/C31H33BrClN3O/c32-24-9-11-28-27(16-24)23(18-35(28)17-20-4-1-6-25(33)14-20)15-21-8-10-29-26-7-3-13-34-12-2-5-22(30(26)34)19-36(29)31(21)37/h1,4,6,9,11,14-16,18,22,26,29-30H,2-3,5,7-8,10,12-13,17,19H2/b21-15+/t22-,26+,29+,30-/m0/s1. The van der Waals surface area contributed by atoms with Crippen LogP contribution in [0.5, 0.6) is 0 Å². The summed E-state index contributed by atoms with van der Waals surface area (Å²) in [6, 6.07) is 15.6. The third-order valence-electron chi connectivity index (χ3n) is 9.36. The maximum atomic E-state index is 14.0. The molecule has 4 nitrogen and oxygen atoms in total. The summed E-state index contributed by atoms with van der Waals surface area (Å²) in [5, 5.41) is 1.93. The van der Waals surface area contributed by atoms with Crippen LogP contribution in [0, 0.1) is 11.8 Å². The van der Waals surface area contributed by atoms with Crippen LogP contribution in [0.1, 0.15) is 49.7 Å². The largest absolute Gasteiger partial charge is 0.342 e. The van der Waals surface area contributed by atoms with E-state index in [-0.39, 0.29) is 5.91 Å². The van der Waals surface area contributed by atoms with Crippen LogP contribution >= 0.6 is 27.5 Å². The Bertz CT molecular complexity index is 1390. The Morgan fingerprint density at radius 1 is 1.05 bits per heavy atom. The summed E-state index contributed by atoms with van der Waals surface area (Å²) in [5.74, 6) is 1.59. The van der Waals surface area contributed by atoms with E-state index in [9.17, 15) is 4.79 Å². The monoisotopic (exact) mass is 577 g/mol. The smallest absolute Gasteiger partial charge is 0.250 e. The van der Waals surface area contributed by atoms with E-state index in [0.29, 0.717) is 23.9 Å². The lowest BCUT2D eigenvalue weighted by molar-refractivity contribution is -0.145. The van der Waals surface area contributed by atoms with Gasteiger partial charge in [0, 0.05) is 62.9 Å². The predicted octanol–water partition coefficient (Wildman–Crippen LogP) is 6.98. The van der Waals surface area contributed by atoms with E-state index in [4.69, 9.17) is 11.6 Å². The summed E-state index contributed by atoms with van der Waals surface area (Å²) in [4.78, 5) is 19.0. The molecule has 4 atom stereocenters. The lowest BCUT2D eigenvalue weighted by Gasteiger charge is -2.58. The van der Waals surface area contributed by atoms with Crippen molar-refractivity contribution < 1.29 is 4.79 Å². The van der Waals surface area contributed by atoms with Crippen molar-refractivity contribution in [3.63, 3.8) is 0 Å². The van der Waals surface area contributed by atoms with Gasteiger partial charge in [-0.25, -0.2) is 0 Å². The molecule has 0 spiro atoms. The molecule has 6 heteroatoms. The molecule has 37 heavy (non-hydrogen) atoms. The third-order valence-corrected chi connectivity index (χ3v) is 10.1. The second-order valence-electron chi connectivity index (χ2n) is 11.5. The molecule has 4 aliphatic rings. The molecule has 0 aliphatic carbocycles. The molecule has 3 aromatic rings. The van der Waals surface area contributed by atoms with Crippen molar-refractivity contribution in [2.45, 2.75) is 57.2 Å². The molecule has 7 rings (SSSR count). The lowest BCUT2D eigenvalue weighted by atomic mass is 9.67. The van der Waals surface area contributed by atoms with Crippen molar-refractivity contribution in [3.05, 3.63) is 74.9 Å². The first kappa shape index (κ1) is 24.0. The molecular weight excluding hydrogens is 546 g/mol. The van der Waals surface area contributed by atoms with Crippen LogP contribution in [-0.2, 0) is 11.3 Å². The average molecular weight is 579 g/mol. The number of fused-ring (bicyclic) bond motifs is 3. The van der Waals surface area contributed by atoms with Crippen molar-refractivity contribution in [2.75, 3.05) is 19.6 Å². The summed E-state index contributed by atoms with van der Waals surface area (Å²) in [5.41, 5.74) is 4.43. The fourth-order valence-corrected chi connectivity index (χ4v) is 8.46. The number of aromatic nitrogens is 1. The minimum Gasteiger partial charge on any atom is -0.342 e. The first-order valence-electron chi connectivity index (χ1n) is 13.8. The topological polar surface area (TPSA) is 28.5 Å². The van der Waals surface area contributed by atoms with E-state index < -0.39 is 0 Å². The number of halogens is 2. The molecule has 0 bridgehead atoms. The van der Waals surface area contributed by atoms with Crippen molar-refractivity contribution in [1.82, 2.24) is 14.4 Å². The molecule has 0 radical (unpaired) electrons. The van der Waals surface area contributed by atoms with Crippen molar-refractivity contribution in [3.8, 4) is 0 Å². The first-order valence-corrected chi connectivity index (χ1v) is 15.0. The van der Waals surface area contributed by atoms with E-state index in [2.05, 4.69) is 66.8 Å². The number of hydrogen-bond acceptors (Lipinski definition) is 2. The van der Waals surface area contributed by atoms with Gasteiger partial charge >= 0.3 is 0 Å². The number of hydrogen-bond donors (Lipinski definition) is 0. The SMILES string of the molecule is O=C1/C(=C/c2cn(Cc3cccc(Cl)c3)c3ccc(Br)cc23)CC[C@@H]2[C@H]3CCCN4CCC[C@@H](CN12)[C@@H]34. The molecular formula is C31H33BrClN3O. The molecule has 0 N–H and O–H groups in total. The van der Waals surface area contributed by atoms with Gasteiger partial charge in [-0.3, -0.25) is 9.69 Å². The van der Waals surface area contributed by atoms with Crippen LogP contribution in [-0.4, -0.2) is 52.0 Å². The Kier molecular flexibility index (Phi) is 6.22. The molecule has 5 heterocycles. The van der Waals surface area contributed by atoms with Gasteiger partial charge in [0.15, 0.2) is 0 Å². The van der Waals surface area contributed by atoms with Crippen LogP contribution in [0.25, 0.3) is 17.0 Å². The van der Waals surface area contributed by atoms with Gasteiger partial charge in [0.25, 0.3) is 0 Å². The van der Waals surface area contributed by atoms with E-state index in [0.717, 1.165) is 46.6 Å². The molecule has 192 valence electrons. The Labute approximate surface area is 232 Å². The summed E-state index contributed by atoms with van der Waals surface area (Å²) in [6.45, 7) is 4.21. The molecule has 1 aromatic heterocycles. The minimum absolute atomic E-state index is 0.281. The number of benzene rings is 2. The normalized spacial score (nSPS) is 29.0. The van der Waals surface area contributed by atoms with Crippen molar-refractivity contribution >= 4 is 50.4 Å². The summed E-state index contributed by atoms with van der Waals surface area (Å²) < 4.78 is 3.33. The molecule has 1 amide bonds. The lowest BCUT2D eigenvalue weighted by Crippen LogP contribution is -2.66. The maximum Gasteiger partial charge on any atom is 0.250 e. The Balaban J connectivity index is 1.21. The van der Waals surface area contributed by atoms with Gasteiger partial charge in [0.05, 0.1) is 0 Å². The van der Waals surface area contributed by atoms with Gasteiger partial charge in [-0.2, -0.15) is 0 Å². The van der Waals surface area contributed by atoms with Crippen LogP contribution < -0.4 is 0 Å². The van der Waals surface area contributed by atoms with Crippen LogP contribution in [0.15, 0.2) is 58.7 Å². The second kappa shape index (κ2) is 9.59. The quantitative estimate of drug-likeness (QED) is 0.314. The van der Waals surface area contributed by atoms with Crippen LogP contribution in [0.2, 0.25) is 5.02 Å². The van der Waals surface area contributed by atoms with E-state index in [1.807, 2.05) is 18.2 Å². The maximum absolute atomic E-state index is 14.0. The number of carbonyl (C=O) groups is 1. The molecule has 4 aliphatic heterocycles. The number of nitrogens with zero attached hydrogens (tertiary/aromatic N) is 3. The van der Waals surface area contributed by atoms with Gasteiger partial charge in [-0.05, 0) is 105 Å². The highest BCUT2D eigenvalue weighted by molar-refractivity contribution is 9.10. The Morgan fingerprint density at radius 2 is 1.92 bits per heavy atom. The van der Waals surface area contributed by atoms with Gasteiger partial charge in [-0.1, -0.05) is 39.7 Å². The zero-order valence-corrected chi connectivity index (χ0v) is 23.4. The highest BCUT2D eigenvalue weighted by Gasteiger charge is 2.51. The number of rotatable bonds is 3. The van der Waals surface area contributed by atoms with Gasteiger partial charge in [0.2, 0.25) is 5.91 Å². The number of carbonyl (C=O) groups excluding carboxylic acids is 1. The molecule has 0 unspecified atom stereocenters. The molecule has 0 saturated carbocycles.